The molecule has 1 fully saturated rings. The summed E-state index contributed by atoms with van der Waals surface area (Å²) in [5, 5.41) is 18.9. The van der Waals surface area contributed by atoms with Gasteiger partial charge in [-0.05, 0) is 38.3 Å². The van der Waals surface area contributed by atoms with Crippen molar-refractivity contribution in [3.05, 3.63) is 0 Å². The number of carbonyl (C=O) groups is 1. The van der Waals surface area contributed by atoms with Crippen LogP contribution < -0.4 is 0 Å². The SMILES string of the molecule is CC(C)CCN1CCCC(O)(CC(=O)O)C1. The maximum atomic E-state index is 10.7. The standard InChI is InChI=1S/C12H23NO3/c1-10(2)4-7-13-6-3-5-12(16,9-13)8-11(14)15/h10,16H,3-9H2,1-2H3,(H,14,15). The fraction of sp³-hybridized carbons (Fsp3) is 0.917. The number of β-amino-alcohol motifs (C(OH)–C–C–N with tert-alkyl or cyclic N) is 1. The second kappa shape index (κ2) is 5.64. The Hall–Kier alpha value is -0.610. The second-order valence-electron chi connectivity index (χ2n) is 5.36. The van der Waals surface area contributed by atoms with Crippen molar-refractivity contribution >= 4 is 5.97 Å². The van der Waals surface area contributed by atoms with Gasteiger partial charge in [-0.3, -0.25) is 4.79 Å². The van der Waals surface area contributed by atoms with E-state index in [0.29, 0.717) is 18.9 Å². The van der Waals surface area contributed by atoms with Gasteiger partial charge in [0.15, 0.2) is 0 Å². The second-order valence-corrected chi connectivity index (χ2v) is 5.36. The molecule has 1 atom stereocenters. The van der Waals surface area contributed by atoms with Gasteiger partial charge in [-0.15, -0.1) is 0 Å². The maximum absolute atomic E-state index is 10.7. The fourth-order valence-electron chi connectivity index (χ4n) is 2.26. The average molecular weight is 229 g/mol. The zero-order valence-corrected chi connectivity index (χ0v) is 10.3. The first-order chi connectivity index (χ1) is 7.41. The summed E-state index contributed by atoms with van der Waals surface area (Å²) in [5.74, 6) is -0.261. The molecule has 0 bridgehead atoms. The zero-order chi connectivity index (χ0) is 12.2. The largest absolute Gasteiger partial charge is 0.481 e. The molecule has 1 unspecified atom stereocenters. The van der Waals surface area contributed by atoms with Crippen molar-refractivity contribution in [1.82, 2.24) is 4.90 Å². The van der Waals surface area contributed by atoms with Crippen molar-refractivity contribution in [2.24, 2.45) is 5.92 Å². The van der Waals surface area contributed by atoms with Gasteiger partial charge in [-0.2, -0.15) is 0 Å². The molecule has 1 heterocycles. The van der Waals surface area contributed by atoms with Crippen molar-refractivity contribution < 1.29 is 15.0 Å². The van der Waals surface area contributed by atoms with Crippen LogP contribution in [0.2, 0.25) is 0 Å². The lowest BCUT2D eigenvalue weighted by atomic mass is 9.89. The number of piperidine rings is 1. The van der Waals surface area contributed by atoms with Crippen LogP contribution in [0.5, 0.6) is 0 Å². The molecule has 1 aliphatic rings. The molecule has 1 aliphatic heterocycles. The number of aliphatic carboxylic acids is 1. The van der Waals surface area contributed by atoms with Gasteiger partial charge in [0.25, 0.3) is 0 Å². The van der Waals surface area contributed by atoms with Gasteiger partial charge in [-0.1, -0.05) is 13.8 Å². The number of hydrogen-bond acceptors (Lipinski definition) is 3. The molecule has 0 spiro atoms. The first-order valence-electron chi connectivity index (χ1n) is 6.08. The Morgan fingerprint density at radius 3 is 2.75 bits per heavy atom. The molecule has 4 heteroatoms. The average Bonchev–Trinajstić information content (AvgIpc) is 2.12. The summed E-state index contributed by atoms with van der Waals surface area (Å²) >= 11 is 0. The van der Waals surface area contributed by atoms with Crippen molar-refractivity contribution in [3.8, 4) is 0 Å². The van der Waals surface area contributed by atoms with Gasteiger partial charge in [0.2, 0.25) is 0 Å². The Kier molecular flexibility index (Phi) is 4.74. The normalized spacial score (nSPS) is 27.2. The van der Waals surface area contributed by atoms with E-state index in [1.807, 2.05) is 0 Å². The molecule has 0 aromatic rings. The van der Waals surface area contributed by atoms with Crippen molar-refractivity contribution in [2.75, 3.05) is 19.6 Å². The van der Waals surface area contributed by atoms with Crippen LogP contribution in [0, 0.1) is 5.92 Å². The van der Waals surface area contributed by atoms with E-state index in [-0.39, 0.29) is 6.42 Å². The number of hydrogen-bond donors (Lipinski definition) is 2. The van der Waals surface area contributed by atoms with E-state index in [1.54, 1.807) is 0 Å². The highest BCUT2D eigenvalue weighted by Crippen LogP contribution is 2.24. The zero-order valence-electron chi connectivity index (χ0n) is 10.3. The van der Waals surface area contributed by atoms with Gasteiger partial charge in [-0.25, -0.2) is 0 Å². The third-order valence-corrected chi connectivity index (χ3v) is 3.14. The first-order valence-corrected chi connectivity index (χ1v) is 6.08. The summed E-state index contributed by atoms with van der Waals surface area (Å²) < 4.78 is 0. The fourth-order valence-corrected chi connectivity index (χ4v) is 2.26. The highest BCUT2D eigenvalue weighted by molar-refractivity contribution is 5.68. The summed E-state index contributed by atoms with van der Waals surface area (Å²) in [5.41, 5.74) is -1.01. The summed E-state index contributed by atoms with van der Waals surface area (Å²) in [6.45, 7) is 6.79. The van der Waals surface area contributed by atoms with E-state index in [1.165, 1.54) is 0 Å². The number of aliphatic hydroxyl groups is 1. The topological polar surface area (TPSA) is 60.8 Å². The van der Waals surface area contributed by atoms with Crippen LogP contribution in [0.15, 0.2) is 0 Å². The van der Waals surface area contributed by atoms with Crippen LogP contribution in [0.1, 0.15) is 39.5 Å². The lowest BCUT2D eigenvalue weighted by Gasteiger charge is -2.38. The lowest BCUT2D eigenvalue weighted by Crippen LogP contribution is -2.49. The summed E-state index contributed by atoms with van der Waals surface area (Å²) in [6.07, 6.45) is 2.47. The van der Waals surface area contributed by atoms with Crippen LogP contribution in [-0.2, 0) is 4.79 Å². The maximum Gasteiger partial charge on any atom is 0.306 e. The highest BCUT2D eigenvalue weighted by Gasteiger charge is 2.35. The molecule has 94 valence electrons. The van der Waals surface area contributed by atoms with Gasteiger partial charge in [0.05, 0.1) is 12.0 Å². The quantitative estimate of drug-likeness (QED) is 0.746. The van der Waals surface area contributed by atoms with Crippen LogP contribution in [0.25, 0.3) is 0 Å². The molecule has 1 rings (SSSR count). The van der Waals surface area contributed by atoms with Crippen LogP contribution in [0.4, 0.5) is 0 Å². The van der Waals surface area contributed by atoms with Crippen LogP contribution in [-0.4, -0.2) is 46.3 Å². The van der Waals surface area contributed by atoms with E-state index < -0.39 is 11.6 Å². The predicted molar refractivity (Wildman–Crippen MR) is 62.3 cm³/mol. The predicted octanol–water partition coefficient (Wildman–Crippen LogP) is 1.33. The Labute approximate surface area is 97.3 Å². The molecule has 0 amide bonds. The highest BCUT2D eigenvalue weighted by atomic mass is 16.4. The van der Waals surface area contributed by atoms with Crippen molar-refractivity contribution in [1.29, 1.82) is 0 Å². The smallest absolute Gasteiger partial charge is 0.306 e. The van der Waals surface area contributed by atoms with Crippen molar-refractivity contribution in [3.63, 3.8) is 0 Å². The monoisotopic (exact) mass is 229 g/mol. The van der Waals surface area contributed by atoms with E-state index in [9.17, 15) is 9.90 Å². The third-order valence-electron chi connectivity index (χ3n) is 3.14. The van der Waals surface area contributed by atoms with Crippen LogP contribution >= 0.6 is 0 Å². The van der Waals surface area contributed by atoms with E-state index in [2.05, 4.69) is 18.7 Å². The molecular formula is C12H23NO3. The number of carboxylic acid groups (broad SMARTS) is 1. The first kappa shape index (κ1) is 13.5. The minimum Gasteiger partial charge on any atom is -0.481 e. The minimum atomic E-state index is -1.01. The summed E-state index contributed by atoms with van der Waals surface area (Å²) in [6, 6.07) is 0. The minimum absolute atomic E-state index is 0.134. The molecule has 4 nitrogen and oxygen atoms in total. The van der Waals surface area contributed by atoms with Crippen molar-refractivity contribution in [2.45, 2.75) is 45.1 Å². The molecule has 0 aliphatic carbocycles. The summed E-state index contributed by atoms with van der Waals surface area (Å²) in [4.78, 5) is 12.9. The molecule has 16 heavy (non-hydrogen) atoms. The Morgan fingerprint density at radius 1 is 1.50 bits per heavy atom. The molecule has 1 saturated heterocycles. The lowest BCUT2D eigenvalue weighted by molar-refractivity contribution is -0.145. The Morgan fingerprint density at radius 2 is 2.19 bits per heavy atom. The van der Waals surface area contributed by atoms with Gasteiger partial charge in [0.1, 0.15) is 0 Å². The van der Waals surface area contributed by atoms with Crippen LogP contribution in [0.3, 0.4) is 0 Å². The van der Waals surface area contributed by atoms with Gasteiger partial charge in [0, 0.05) is 6.54 Å². The molecule has 0 radical (unpaired) electrons. The third kappa shape index (κ3) is 4.49. The molecular weight excluding hydrogens is 206 g/mol. The molecule has 2 N–H and O–H groups in total. The Bertz CT molecular complexity index is 242. The number of likely N-dealkylation sites (tertiary alicyclic amines) is 1. The number of carboxylic acids is 1. The van der Waals surface area contributed by atoms with E-state index >= 15 is 0 Å². The van der Waals surface area contributed by atoms with E-state index in [4.69, 9.17) is 5.11 Å². The van der Waals surface area contributed by atoms with Gasteiger partial charge >= 0.3 is 5.97 Å². The number of nitrogens with zero attached hydrogens (tertiary/aromatic N) is 1. The molecule has 0 aromatic heterocycles. The number of rotatable bonds is 5. The molecule has 0 aromatic carbocycles. The van der Waals surface area contributed by atoms with E-state index in [0.717, 1.165) is 25.9 Å². The summed E-state index contributed by atoms with van der Waals surface area (Å²) in [7, 11) is 0. The molecule has 0 saturated carbocycles. The van der Waals surface area contributed by atoms with Gasteiger partial charge < -0.3 is 15.1 Å². The Balaban J connectivity index is 2.42.